The van der Waals surface area contributed by atoms with Crippen LogP contribution in [-0.2, 0) is 12.6 Å². The van der Waals surface area contributed by atoms with E-state index in [1.807, 2.05) is 6.07 Å². The molecular formula is C25H23F3N4O4. The Kier molecular flexibility index (Phi) is 7.00. The van der Waals surface area contributed by atoms with Crippen LogP contribution in [0.2, 0.25) is 0 Å². The van der Waals surface area contributed by atoms with Gasteiger partial charge in [-0.05, 0) is 42.3 Å². The van der Waals surface area contributed by atoms with E-state index in [2.05, 4.69) is 15.4 Å². The number of halogens is 3. The number of hydrogen-bond acceptors (Lipinski definition) is 6. The van der Waals surface area contributed by atoms with Crippen LogP contribution < -0.4 is 19.5 Å². The molecule has 4 rings (SSSR count). The van der Waals surface area contributed by atoms with Crippen LogP contribution in [0, 0.1) is 0 Å². The number of ether oxygens (including phenoxy) is 3. The average Bonchev–Trinajstić information content (AvgIpc) is 3.31. The molecule has 0 unspecified atom stereocenters. The molecule has 2 aromatic carbocycles. The number of alkyl halides is 3. The highest BCUT2D eigenvalue weighted by Gasteiger charge is 2.36. The van der Waals surface area contributed by atoms with Gasteiger partial charge in [0.05, 0.1) is 33.2 Å². The first-order valence-electron chi connectivity index (χ1n) is 10.8. The summed E-state index contributed by atoms with van der Waals surface area (Å²) in [6.45, 7) is 0.230. The molecule has 0 bridgehead atoms. The number of carbonyl (C=O) groups excluding carboxylic acids is 1. The Morgan fingerprint density at radius 2 is 1.78 bits per heavy atom. The smallest absolute Gasteiger partial charge is 0.433 e. The molecule has 0 aliphatic carbocycles. The molecule has 0 radical (unpaired) electrons. The van der Waals surface area contributed by atoms with Crippen LogP contribution in [0.4, 0.5) is 13.2 Å². The number of rotatable bonds is 8. The largest absolute Gasteiger partial charge is 0.497 e. The first kappa shape index (κ1) is 24.8. The van der Waals surface area contributed by atoms with Gasteiger partial charge in [-0.3, -0.25) is 4.79 Å². The quantitative estimate of drug-likeness (QED) is 0.386. The number of amides is 1. The van der Waals surface area contributed by atoms with Gasteiger partial charge in [-0.15, -0.1) is 0 Å². The van der Waals surface area contributed by atoms with Gasteiger partial charge in [0.1, 0.15) is 11.3 Å². The number of methoxy groups -OCH3 is 3. The topological polar surface area (TPSA) is 87.0 Å². The summed E-state index contributed by atoms with van der Waals surface area (Å²) in [5.74, 6) is 1.01. The van der Waals surface area contributed by atoms with Gasteiger partial charge in [-0.1, -0.05) is 18.2 Å². The number of aromatic nitrogens is 3. The Morgan fingerprint density at radius 1 is 1.00 bits per heavy atom. The maximum atomic E-state index is 13.8. The molecule has 2 heterocycles. The minimum Gasteiger partial charge on any atom is -0.497 e. The molecular weight excluding hydrogens is 477 g/mol. The summed E-state index contributed by atoms with van der Waals surface area (Å²) >= 11 is 0. The van der Waals surface area contributed by atoms with Gasteiger partial charge >= 0.3 is 6.18 Å². The van der Waals surface area contributed by atoms with Crippen LogP contribution in [-0.4, -0.2) is 48.4 Å². The fraction of sp³-hybridized carbons (Fsp3) is 0.240. The third kappa shape index (κ3) is 5.04. The van der Waals surface area contributed by atoms with Gasteiger partial charge in [0.2, 0.25) is 0 Å². The highest BCUT2D eigenvalue weighted by Crippen LogP contribution is 2.33. The fourth-order valence-electron chi connectivity index (χ4n) is 3.71. The van der Waals surface area contributed by atoms with Gasteiger partial charge < -0.3 is 19.5 Å². The van der Waals surface area contributed by atoms with Crippen molar-refractivity contribution in [2.45, 2.75) is 12.6 Å². The molecule has 36 heavy (non-hydrogen) atoms. The summed E-state index contributed by atoms with van der Waals surface area (Å²) in [5, 5.41) is 6.52. The Bertz CT molecular complexity index is 1400. The lowest BCUT2D eigenvalue weighted by Crippen LogP contribution is -2.26. The number of benzene rings is 2. The lowest BCUT2D eigenvalue weighted by Gasteiger charge is -2.12. The fourth-order valence-corrected chi connectivity index (χ4v) is 3.71. The second kappa shape index (κ2) is 10.1. The van der Waals surface area contributed by atoms with Gasteiger partial charge in [-0.25, -0.2) is 9.50 Å². The summed E-state index contributed by atoms with van der Waals surface area (Å²) in [7, 11) is 4.51. The molecule has 1 amide bonds. The van der Waals surface area contributed by atoms with Gasteiger partial charge in [0, 0.05) is 12.1 Å². The maximum Gasteiger partial charge on any atom is 0.433 e. The van der Waals surface area contributed by atoms with E-state index in [1.54, 1.807) is 36.4 Å². The molecule has 0 aliphatic heterocycles. The Balaban J connectivity index is 1.62. The van der Waals surface area contributed by atoms with Crippen molar-refractivity contribution in [2.75, 3.05) is 27.9 Å². The summed E-state index contributed by atoms with van der Waals surface area (Å²) in [4.78, 5) is 17.2. The molecule has 4 aromatic rings. The minimum atomic E-state index is -4.72. The van der Waals surface area contributed by atoms with Gasteiger partial charge in [0.25, 0.3) is 5.91 Å². The van der Waals surface area contributed by atoms with E-state index in [0.717, 1.165) is 17.8 Å². The zero-order valence-corrected chi connectivity index (χ0v) is 19.7. The van der Waals surface area contributed by atoms with E-state index in [-0.39, 0.29) is 23.4 Å². The van der Waals surface area contributed by atoms with E-state index >= 15 is 0 Å². The number of fused-ring (bicyclic) bond motifs is 1. The zero-order chi connectivity index (χ0) is 25.9. The van der Waals surface area contributed by atoms with Crippen molar-refractivity contribution < 1.29 is 32.2 Å². The standard InChI is InChI=1S/C25H23F3N4O4/c1-34-17-6-4-5-16(12-17)19-13-22(25(26,27)28)32-23(31-19)18(14-30-32)24(33)29-10-9-15-7-8-20(35-2)21(11-15)36-3/h4-8,11-14H,9-10H2,1-3H3,(H,29,33). The second-order valence-corrected chi connectivity index (χ2v) is 7.75. The molecule has 0 spiro atoms. The van der Waals surface area contributed by atoms with Crippen molar-refractivity contribution in [1.82, 2.24) is 19.9 Å². The molecule has 0 saturated carbocycles. The van der Waals surface area contributed by atoms with Gasteiger partial charge in [-0.2, -0.15) is 18.3 Å². The molecule has 1 N–H and O–H groups in total. The lowest BCUT2D eigenvalue weighted by atomic mass is 10.1. The van der Waals surface area contributed by atoms with E-state index in [0.29, 0.717) is 33.7 Å². The van der Waals surface area contributed by atoms with Crippen molar-refractivity contribution in [3.05, 3.63) is 71.5 Å². The van der Waals surface area contributed by atoms with E-state index in [9.17, 15) is 18.0 Å². The Morgan fingerprint density at radius 3 is 2.47 bits per heavy atom. The van der Waals surface area contributed by atoms with E-state index < -0.39 is 17.8 Å². The van der Waals surface area contributed by atoms with Crippen molar-refractivity contribution in [1.29, 1.82) is 0 Å². The summed E-state index contributed by atoms with van der Waals surface area (Å²) in [6, 6.07) is 12.8. The number of nitrogens with zero attached hydrogens (tertiary/aromatic N) is 3. The summed E-state index contributed by atoms with van der Waals surface area (Å²) < 4.78 is 57.8. The maximum absolute atomic E-state index is 13.8. The monoisotopic (exact) mass is 500 g/mol. The highest BCUT2D eigenvalue weighted by atomic mass is 19.4. The number of carbonyl (C=O) groups is 1. The summed E-state index contributed by atoms with van der Waals surface area (Å²) in [5.41, 5.74) is 0.00101. The molecule has 0 aliphatic rings. The molecule has 0 atom stereocenters. The first-order chi connectivity index (χ1) is 17.2. The second-order valence-electron chi connectivity index (χ2n) is 7.75. The van der Waals surface area contributed by atoms with E-state index in [1.165, 1.54) is 21.3 Å². The lowest BCUT2D eigenvalue weighted by molar-refractivity contribution is -0.142. The predicted molar refractivity (Wildman–Crippen MR) is 126 cm³/mol. The van der Waals surface area contributed by atoms with Crippen LogP contribution in [0.1, 0.15) is 21.6 Å². The third-order valence-corrected chi connectivity index (χ3v) is 5.52. The minimum absolute atomic E-state index is 0.0357. The third-order valence-electron chi connectivity index (χ3n) is 5.52. The normalized spacial score (nSPS) is 11.4. The molecule has 11 heteroatoms. The van der Waals surface area contributed by atoms with Crippen molar-refractivity contribution >= 4 is 11.6 Å². The molecule has 0 saturated heterocycles. The SMILES string of the molecule is COc1cccc(-c2cc(C(F)(F)F)n3ncc(C(=O)NCCc4ccc(OC)c(OC)c4)c3n2)c1. The molecule has 188 valence electrons. The summed E-state index contributed by atoms with van der Waals surface area (Å²) in [6.07, 6.45) is -3.18. The number of nitrogens with one attached hydrogen (secondary N) is 1. The van der Waals surface area contributed by atoms with Crippen LogP contribution in [0.3, 0.4) is 0 Å². The molecule has 0 fully saturated rings. The molecule has 2 aromatic heterocycles. The van der Waals surface area contributed by atoms with Crippen LogP contribution >= 0.6 is 0 Å². The average molecular weight is 500 g/mol. The van der Waals surface area contributed by atoms with Gasteiger partial charge in [0.15, 0.2) is 22.8 Å². The van der Waals surface area contributed by atoms with Crippen molar-refractivity contribution in [3.8, 4) is 28.5 Å². The van der Waals surface area contributed by atoms with Crippen molar-refractivity contribution in [2.24, 2.45) is 0 Å². The zero-order valence-electron chi connectivity index (χ0n) is 19.7. The first-order valence-corrected chi connectivity index (χ1v) is 10.8. The van der Waals surface area contributed by atoms with Crippen LogP contribution in [0.25, 0.3) is 16.9 Å². The van der Waals surface area contributed by atoms with E-state index in [4.69, 9.17) is 14.2 Å². The Hall–Kier alpha value is -4.28. The van der Waals surface area contributed by atoms with Crippen molar-refractivity contribution in [3.63, 3.8) is 0 Å². The highest BCUT2D eigenvalue weighted by molar-refractivity contribution is 5.99. The predicted octanol–water partition coefficient (Wildman–Crippen LogP) is 4.41. The van der Waals surface area contributed by atoms with Crippen LogP contribution in [0.15, 0.2) is 54.7 Å². The van der Waals surface area contributed by atoms with Crippen LogP contribution in [0.5, 0.6) is 17.2 Å². The molecule has 8 nitrogen and oxygen atoms in total. The Labute approximate surface area is 204 Å². The number of hydrogen-bond donors (Lipinski definition) is 1.